The van der Waals surface area contributed by atoms with Crippen molar-refractivity contribution in [2.45, 2.75) is 24.8 Å². The van der Waals surface area contributed by atoms with Gasteiger partial charge in [-0.15, -0.1) is 0 Å². The smallest absolute Gasteiger partial charge is 0.310 e. The zero-order valence-electron chi connectivity index (χ0n) is 12.0. The number of likely N-dealkylation sites (N-methyl/N-ethyl adjacent to an activating group) is 1. The van der Waals surface area contributed by atoms with Gasteiger partial charge in [0.05, 0.1) is 30.1 Å². The van der Waals surface area contributed by atoms with Crippen LogP contribution in [-0.2, 0) is 19.6 Å². The minimum atomic E-state index is -3.73. The number of carboxylic acids is 1. The number of benzene rings is 1. The van der Waals surface area contributed by atoms with Gasteiger partial charge >= 0.3 is 5.97 Å². The molecule has 0 bridgehead atoms. The summed E-state index contributed by atoms with van der Waals surface area (Å²) >= 11 is 0. The lowest BCUT2D eigenvalue weighted by Gasteiger charge is -2.28. The first-order valence-corrected chi connectivity index (χ1v) is 8.21. The molecular formula is C14H19NO5S. The van der Waals surface area contributed by atoms with E-state index in [-0.39, 0.29) is 24.7 Å². The molecule has 2 rings (SSSR count). The SMILES string of the molecule is CCN(C1COCC1C(=O)O)S(=O)(=O)c1cccc(C)c1. The van der Waals surface area contributed by atoms with Crippen molar-refractivity contribution in [3.8, 4) is 0 Å². The summed E-state index contributed by atoms with van der Waals surface area (Å²) in [6.07, 6.45) is 0. The van der Waals surface area contributed by atoms with Crippen molar-refractivity contribution < 1.29 is 23.1 Å². The van der Waals surface area contributed by atoms with Crippen molar-refractivity contribution >= 4 is 16.0 Å². The molecule has 1 fully saturated rings. The molecule has 0 aliphatic carbocycles. The van der Waals surface area contributed by atoms with Gasteiger partial charge in [-0.05, 0) is 24.6 Å². The summed E-state index contributed by atoms with van der Waals surface area (Å²) in [4.78, 5) is 11.4. The Balaban J connectivity index is 2.38. The van der Waals surface area contributed by atoms with Crippen molar-refractivity contribution in [2.75, 3.05) is 19.8 Å². The summed E-state index contributed by atoms with van der Waals surface area (Å²) in [6.45, 7) is 3.86. The van der Waals surface area contributed by atoms with Crippen LogP contribution in [0.3, 0.4) is 0 Å². The zero-order chi connectivity index (χ0) is 15.6. The maximum absolute atomic E-state index is 12.7. The van der Waals surface area contributed by atoms with Crippen LogP contribution in [0.4, 0.5) is 0 Å². The third-order valence-corrected chi connectivity index (χ3v) is 5.64. The van der Waals surface area contributed by atoms with Gasteiger partial charge < -0.3 is 9.84 Å². The first kappa shape index (κ1) is 15.9. The standard InChI is InChI=1S/C14H19NO5S/c1-3-15(13-9-20-8-12(13)14(16)17)21(18,19)11-6-4-5-10(2)7-11/h4-7,12-13H,3,8-9H2,1-2H3,(H,16,17). The molecule has 0 saturated carbocycles. The number of aryl methyl sites for hydroxylation is 1. The van der Waals surface area contributed by atoms with Crippen LogP contribution in [0.2, 0.25) is 0 Å². The minimum Gasteiger partial charge on any atom is -0.481 e. The molecular weight excluding hydrogens is 294 g/mol. The molecule has 0 radical (unpaired) electrons. The van der Waals surface area contributed by atoms with E-state index in [9.17, 15) is 18.3 Å². The van der Waals surface area contributed by atoms with Crippen LogP contribution in [0, 0.1) is 12.8 Å². The molecule has 2 atom stereocenters. The van der Waals surface area contributed by atoms with E-state index < -0.39 is 28.0 Å². The molecule has 6 nitrogen and oxygen atoms in total. The van der Waals surface area contributed by atoms with Gasteiger partial charge in [0.2, 0.25) is 10.0 Å². The third kappa shape index (κ3) is 3.09. The van der Waals surface area contributed by atoms with Crippen molar-refractivity contribution in [3.63, 3.8) is 0 Å². The average Bonchev–Trinajstić information content (AvgIpc) is 2.88. The number of hydrogen-bond donors (Lipinski definition) is 1. The maximum atomic E-state index is 12.7. The quantitative estimate of drug-likeness (QED) is 0.880. The Labute approximate surface area is 124 Å². The number of aliphatic carboxylic acids is 1. The number of ether oxygens (including phenoxy) is 1. The van der Waals surface area contributed by atoms with Gasteiger partial charge in [-0.2, -0.15) is 4.31 Å². The van der Waals surface area contributed by atoms with E-state index in [4.69, 9.17) is 4.74 Å². The molecule has 1 aliphatic heterocycles. The Morgan fingerprint density at radius 1 is 1.43 bits per heavy atom. The number of hydrogen-bond acceptors (Lipinski definition) is 4. The summed E-state index contributed by atoms with van der Waals surface area (Å²) in [5, 5.41) is 9.21. The largest absolute Gasteiger partial charge is 0.481 e. The molecule has 1 aromatic rings. The second kappa shape index (κ2) is 6.13. The van der Waals surface area contributed by atoms with Crippen LogP contribution in [0.5, 0.6) is 0 Å². The molecule has 0 aromatic heterocycles. The topological polar surface area (TPSA) is 83.9 Å². The van der Waals surface area contributed by atoms with Crippen LogP contribution in [0.15, 0.2) is 29.2 Å². The lowest BCUT2D eigenvalue weighted by molar-refractivity contribution is -0.142. The molecule has 116 valence electrons. The van der Waals surface area contributed by atoms with Crippen LogP contribution >= 0.6 is 0 Å². The molecule has 1 N–H and O–H groups in total. The van der Waals surface area contributed by atoms with Crippen LogP contribution in [0.1, 0.15) is 12.5 Å². The van der Waals surface area contributed by atoms with E-state index in [2.05, 4.69) is 0 Å². The Hall–Kier alpha value is -1.44. The molecule has 2 unspecified atom stereocenters. The zero-order valence-corrected chi connectivity index (χ0v) is 12.8. The highest BCUT2D eigenvalue weighted by atomic mass is 32.2. The Bertz CT molecular complexity index is 628. The molecule has 7 heteroatoms. The van der Waals surface area contributed by atoms with Gasteiger partial charge in [-0.3, -0.25) is 4.79 Å². The normalized spacial score (nSPS) is 22.6. The first-order valence-electron chi connectivity index (χ1n) is 6.77. The highest BCUT2D eigenvalue weighted by Gasteiger charge is 2.42. The second-order valence-corrected chi connectivity index (χ2v) is 6.96. The van der Waals surface area contributed by atoms with E-state index in [0.717, 1.165) is 5.56 Å². The monoisotopic (exact) mass is 313 g/mol. The van der Waals surface area contributed by atoms with Crippen molar-refractivity contribution in [3.05, 3.63) is 29.8 Å². The van der Waals surface area contributed by atoms with E-state index in [0.29, 0.717) is 0 Å². The summed E-state index contributed by atoms with van der Waals surface area (Å²) in [5.74, 6) is -1.86. The Morgan fingerprint density at radius 3 is 2.71 bits per heavy atom. The van der Waals surface area contributed by atoms with Gasteiger partial charge in [-0.1, -0.05) is 19.1 Å². The summed E-state index contributed by atoms with van der Waals surface area (Å²) in [6, 6.07) is 5.93. The molecule has 0 amide bonds. The molecule has 1 aromatic carbocycles. The van der Waals surface area contributed by atoms with E-state index >= 15 is 0 Å². The summed E-state index contributed by atoms with van der Waals surface area (Å²) in [5.41, 5.74) is 0.838. The fourth-order valence-corrected chi connectivity index (χ4v) is 4.32. The number of carboxylic acid groups (broad SMARTS) is 1. The number of rotatable bonds is 5. The Morgan fingerprint density at radius 2 is 2.14 bits per heavy atom. The van der Waals surface area contributed by atoms with Crippen LogP contribution < -0.4 is 0 Å². The van der Waals surface area contributed by atoms with Crippen LogP contribution in [0.25, 0.3) is 0 Å². The van der Waals surface area contributed by atoms with E-state index in [1.165, 1.54) is 10.4 Å². The third-order valence-electron chi connectivity index (χ3n) is 3.65. The minimum absolute atomic E-state index is 0.0415. The van der Waals surface area contributed by atoms with Gasteiger partial charge in [0.1, 0.15) is 0 Å². The van der Waals surface area contributed by atoms with Crippen molar-refractivity contribution in [2.24, 2.45) is 5.92 Å². The number of sulfonamides is 1. The predicted octanol–water partition coefficient (Wildman–Crippen LogP) is 1.11. The molecule has 1 aliphatic rings. The van der Waals surface area contributed by atoms with Crippen LogP contribution in [-0.4, -0.2) is 49.6 Å². The van der Waals surface area contributed by atoms with Crippen molar-refractivity contribution in [1.82, 2.24) is 4.31 Å². The average molecular weight is 313 g/mol. The lowest BCUT2D eigenvalue weighted by Crippen LogP contribution is -2.46. The second-order valence-electron chi connectivity index (χ2n) is 5.07. The number of nitrogens with zero attached hydrogens (tertiary/aromatic N) is 1. The molecule has 0 spiro atoms. The fraction of sp³-hybridized carbons (Fsp3) is 0.500. The number of carbonyl (C=O) groups is 1. The van der Waals surface area contributed by atoms with E-state index in [1.807, 2.05) is 13.0 Å². The highest BCUT2D eigenvalue weighted by Crippen LogP contribution is 2.26. The van der Waals surface area contributed by atoms with Crippen molar-refractivity contribution in [1.29, 1.82) is 0 Å². The summed E-state index contributed by atoms with van der Waals surface area (Å²) in [7, 11) is -3.73. The summed E-state index contributed by atoms with van der Waals surface area (Å²) < 4.78 is 31.9. The fourth-order valence-electron chi connectivity index (χ4n) is 2.56. The molecule has 21 heavy (non-hydrogen) atoms. The van der Waals surface area contributed by atoms with Gasteiger partial charge in [0.25, 0.3) is 0 Å². The Kier molecular flexibility index (Phi) is 4.65. The highest BCUT2D eigenvalue weighted by molar-refractivity contribution is 7.89. The first-order chi connectivity index (χ1) is 9.87. The van der Waals surface area contributed by atoms with E-state index in [1.54, 1.807) is 19.1 Å². The van der Waals surface area contributed by atoms with Gasteiger partial charge in [0.15, 0.2) is 0 Å². The maximum Gasteiger partial charge on any atom is 0.310 e. The van der Waals surface area contributed by atoms with Gasteiger partial charge in [0, 0.05) is 6.54 Å². The van der Waals surface area contributed by atoms with Gasteiger partial charge in [-0.25, -0.2) is 8.42 Å². The predicted molar refractivity (Wildman–Crippen MR) is 76.5 cm³/mol. The lowest BCUT2D eigenvalue weighted by atomic mass is 10.0. The molecule has 1 saturated heterocycles. The molecule has 1 heterocycles.